The molecular formula is C31H31FN2O3. The molecule has 37 heavy (non-hydrogen) atoms. The van der Waals surface area contributed by atoms with Crippen molar-refractivity contribution in [3.05, 3.63) is 94.4 Å². The van der Waals surface area contributed by atoms with E-state index in [1.807, 2.05) is 32.0 Å². The van der Waals surface area contributed by atoms with Crippen LogP contribution in [0, 0.1) is 11.2 Å². The highest BCUT2D eigenvalue weighted by atomic mass is 19.1. The number of nitrogens with one attached hydrogen (secondary N) is 2. The lowest BCUT2D eigenvalue weighted by molar-refractivity contribution is -0.118. The Morgan fingerprint density at radius 1 is 1.03 bits per heavy atom. The molecule has 1 aliphatic heterocycles. The van der Waals surface area contributed by atoms with E-state index in [0.29, 0.717) is 41.1 Å². The second-order valence-electron chi connectivity index (χ2n) is 11.1. The minimum atomic E-state index is -0.696. The number of ether oxygens (including phenoxy) is 1. The van der Waals surface area contributed by atoms with Crippen LogP contribution >= 0.6 is 0 Å². The van der Waals surface area contributed by atoms with Gasteiger partial charge >= 0.3 is 0 Å². The van der Waals surface area contributed by atoms with Crippen molar-refractivity contribution in [2.45, 2.75) is 58.1 Å². The Kier molecular flexibility index (Phi) is 5.70. The predicted octanol–water partition coefficient (Wildman–Crippen LogP) is 7.21. The van der Waals surface area contributed by atoms with Gasteiger partial charge in [-0.15, -0.1) is 0 Å². The highest BCUT2D eigenvalue weighted by Gasteiger charge is 2.40. The van der Waals surface area contributed by atoms with Crippen LogP contribution in [0.25, 0.3) is 0 Å². The summed E-state index contributed by atoms with van der Waals surface area (Å²) >= 11 is 0. The van der Waals surface area contributed by atoms with Crippen LogP contribution in [-0.4, -0.2) is 10.9 Å². The Bertz CT molecular complexity index is 1430. The van der Waals surface area contributed by atoms with Gasteiger partial charge in [0.25, 0.3) is 0 Å². The van der Waals surface area contributed by atoms with Gasteiger partial charge in [0.1, 0.15) is 29.1 Å². The van der Waals surface area contributed by atoms with Crippen LogP contribution in [0.15, 0.2) is 71.9 Å². The van der Waals surface area contributed by atoms with Gasteiger partial charge in [-0.1, -0.05) is 44.2 Å². The van der Waals surface area contributed by atoms with Crippen molar-refractivity contribution >= 4 is 17.2 Å². The van der Waals surface area contributed by atoms with Crippen LogP contribution in [0.2, 0.25) is 0 Å². The molecule has 2 atom stereocenters. The molecule has 2 aliphatic carbocycles. The van der Waals surface area contributed by atoms with Gasteiger partial charge in [0.05, 0.1) is 11.7 Å². The summed E-state index contributed by atoms with van der Waals surface area (Å²) in [6.45, 7) is 4.09. The van der Waals surface area contributed by atoms with Gasteiger partial charge in [0.2, 0.25) is 0 Å². The van der Waals surface area contributed by atoms with Crippen LogP contribution in [0.5, 0.6) is 11.5 Å². The van der Waals surface area contributed by atoms with E-state index < -0.39 is 11.9 Å². The summed E-state index contributed by atoms with van der Waals surface area (Å²) in [5.74, 6) is 0.0811. The maximum Gasteiger partial charge on any atom is 0.163 e. The summed E-state index contributed by atoms with van der Waals surface area (Å²) in [5.41, 5.74) is 4.93. The summed E-state index contributed by atoms with van der Waals surface area (Å²) < 4.78 is 22.1. The first kappa shape index (κ1) is 23.6. The number of fused-ring (bicyclic) bond motifs is 2. The molecule has 0 bridgehead atoms. The lowest BCUT2D eigenvalue weighted by Gasteiger charge is -2.34. The molecule has 6 rings (SSSR count). The maximum atomic E-state index is 15.8. The second-order valence-corrected chi connectivity index (χ2v) is 11.1. The lowest BCUT2D eigenvalue weighted by atomic mass is 9.73. The van der Waals surface area contributed by atoms with E-state index in [9.17, 15) is 9.90 Å². The quantitative estimate of drug-likeness (QED) is 0.333. The largest absolute Gasteiger partial charge is 0.506 e. The molecule has 190 valence electrons. The first-order valence-electron chi connectivity index (χ1n) is 12.9. The topological polar surface area (TPSA) is 70.6 Å². The van der Waals surface area contributed by atoms with Crippen LogP contribution in [-0.2, 0) is 11.2 Å². The Morgan fingerprint density at radius 2 is 1.86 bits per heavy atom. The van der Waals surface area contributed by atoms with Crippen molar-refractivity contribution in [2.24, 2.45) is 5.41 Å². The third-order valence-corrected chi connectivity index (χ3v) is 7.70. The van der Waals surface area contributed by atoms with Gasteiger partial charge < -0.3 is 20.5 Å². The number of Topliss-reactive ketones (excluding diaryl/α,β-unsaturated/α-hetero) is 1. The van der Waals surface area contributed by atoms with Crippen molar-refractivity contribution in [1.29, 1.82) is 0 Å². The molecule has 3 N–H and O–H groups in total. The predicted molar refractivity (Wildman–Crippen MR) is 142 cm³/mol. The van der Waals surface area contributed by atoms with Gasteiger partial charge in [0.15, 0.2) is 5.78 Å². The van der Waals surface area contributed by atoms with Crippen LogP contribution < -0.4 is 15.4 Å². The highest BCUT2D eigenvalue weighted by Crippen LogP contribution is 2.48. The molecule has 0 radical (unpaired) electrons. The standard InChI is InChI=1S/C31H31FN2O3/c1-31(2)16-24-28(26(36)17-31)29(33-23-10-6-11-25(35)30(23)34-24)21-14-13-19(15-22(21)32)37-27-12-5-8-18-7-3-4-9-20(18)27/h3-4,6-7,9-11,13-15,27,29,33-35H,5,8,12,16-17H2,1-2H3. The molecule has 0 saturated heterocycles. The molecule has 0 aromatic heterocycles. The number of ketones is 1. The van der Waals surface area contributed by atoms with E-state index in [-0.39, 0.29) is 23.1 Å². The normalized spacial score (nSPS) is 22.1. The average molecular weight is 499 g/mol. The minimum Gasteiger partial charge on any atom is -0.506 e. The van der Waals surface area contributed by atoms with Gasteiger partial charge in [-0.2, -0.15) is 0 Å². The van der Waals surface area contributed by atoms with Gasteiger partial charge in [0, 0.05) is 29.3 Å². The number of anilines is 2. The van der Waals surface area contributed by atoms with E-state index in [0.717, 1.165) is 30.5 Å². The third kappa shape index (κ3) is 4.35. The smallest absolute Gasteiger partial charge is 0.163 e. The van der Waals surface area contributed by atoms with E-state index >= 15 is 4.39 Å². The summed E-state index contributed by atoms with van der Waals surface area (Å²) in [7, 11) is 0. The summed E-state index contributed by atoms with van der Waals surface area (Å²) in [6.07, 6.45) is 3.83. The number of carbonyl (C=O) groups is 1. The Morgan fingerprint density at radius 3 is 2.70 bits per heavy atom. The molecule has 6 heteroatoms. The fourth-order valence-corrected chi connectivity index (χ4v) is 6.00. The van der Waals surface area contributed by atoms with Crippen molar-refractivity contribution in [3.8, 4) is 11.5 Å². The number of hydrogen-bond acceptors (Lipinski definition) is 5. The highest BCUT2D eigenvalue weighted by molar-refractivity contribution is 6.01. The third-order valence-electron chi connectivity index (χ3n) is 7.70. The monoisotopic (exact) mass is 498 g/mol. The molecule has 3 aliphatic rings. The number of aryl methyl sites for hydroxylation is 1. The van der Waals surface area contributed by atoms with E-state index in [4.69, 9.17) is 4.74 Å². The van der Waals surface area contributed by atoms with Crippen LogP contribution in [0.4, 0.5) is 15.8 Å². The summed E-state index contributed by atoms with van der Waals surface area (Å²) in [6, 6.07) is 17.6. The number of rotatable bonds is 3. The van der Waals surface area contributed by atoms with Gasteiger partial charge in [-0.05, 0) is 66.5 Å². The Hall–Kier alpha value is -3.80. The summed E-state index contributed by atoms with van der Waals surface area (Å²) in [4.78, 5) is 13.4. The Balaban J connectivity index is 1.37. The SMILES string of the molecule is CC1(C)CC(=O)C2=C(C1)Nc1c(O)cccc1NC2c1ccc(OC2CCCc3ccccc32)cc1F. The number of aromatic hydroxyl groups is 1. The van der Waals surface area contributed by atoms with Crippen molar-refractivity contribution < 1.29 is 19.0 Å². The van der Waals surface area contributed by atoms with Gasteiger partial charge in [-0.25, -0.2) is 4.39 Å². The van der Waals surface area contributed by atoms with Crippen molar-refractivity contribution in [2.75, 3.05) is 10.6 Å². The van der Waals surface area contributed by atoms with Crippen LogP contribution in [0.1, 0.15) is 68.4 Å². The number of para-hydroxylation sites is 1. The average Bonchev–Trinajstić information content (AvgIpc) is 3.01. The molecule has 2 unspecified atom stereocenters. The molecule has 0 saturated carbocycles. The van der Waals surface area contributed by atoms with E-state index in [2.05, 4.69) is 22.8 Å². The number of halogens is 1. The number of allylic oxidation sites excluding steroid dienone is 1. The second kappa shape index (κ2) is 8.94. The van der Waals surface area contributed by atoms with Crippen molar-refractivity contribution in [1.82, 2.24) is 0 Å². The van der Waals surface area contributed by atoms with Gasteiger partial charge in [-0.3, -0.25) is 4.79 Å². The molecule has 3 aromatic carbocycles. The maximum absolute atomic E-state index is 15.8. The lowest BCUT2D eigenvalue weighted by Crippen LogP contribution is -2.31. The van der Waals surface area contributed by atoms with Crippen LogP contribution in [0.3, 0.4) is 0 Å². The van der Waals surface area contributed by atoms with Crippen molar-refractivity contribution in [3.63, 3.8) is 0 Å². The first-order valence-corrected chi connectivity index (χ1v) is 12.9. The molecule has 0 amide bonds. The molecule has 0 spiro atoms. The summed E-state index contributed by atoms with van der Waals surface area (Å²) in [5, 5.41) is 17.2. The number of phenolic OH excluding ortho intramolecular Hbond substituents is 1. The number of hydrogen-bond donors (Lipinski definition) is 3. The Labute approximate surface area is 216 Å². The zero-order valence-electron chi connectivity index (χ0n) is 21.1. The van der Waals surface area contributed by atoms with E-state index in [1.165, 1.54) is 11.6 Å². The van der Waals surface area contributed by atoms with E-state index in [1.54, 1.807) is 24.3 Å². The number of carbonyl (C=O) groups excluding carboxylic acids is 1. The zero-order valence-corrected chi connectivity index (χ0v) is 21.1. The zero-order chi connectivity index (χ0) is 25.7. The molecule has 0 fully saturated rings. The molecule has 1 heterocycles. The number of phenols is 1. The minimum absolute atomic E-state index is 0.0258. The molecule has 5 nitrogen and oxygen atoms in total. The molecule has 3 aromatic rings. The fourth-order valence-electron chi connectivity index (χ4n) is 6.00. The fraction of sp³-hybridized carbons (Fsp3) is 0.323. The first-order chi connectivity index (χ1) is 17.8. The number of benzene rings is 3. The molecular weight excluding hydrogens is 467 g/mol.